The summed E-state index contributed by atoms with van der Waals surface area (Å²) in [6.07, 6.45) is 0. The summed E-state index contributed by atoms with van der Waals surface area (Å²) in [5, 5.41) is 1.90. The number of hydrogen-bond donors (Lipinski definition) is 0. The molecule has 0 N–H and O–H groups in total. The lowest BCUT2D eigenvalue weighted by atomic mass is 9.59. The van der Waals surface area contributed by atoms with Crippen LogP contribution in [0, 0.1) is 0 Å². The van der Waals surface area contributed by atoms with Crippen LogP contribution in [0.1, 0.15) is 0 Å². The van der Waals surface area contributed by atoms with Gasteiger partial charge in [0.15, 0.2) is 17.5 Å². The maximum Gasteiger partial charge on any atom is 0.164 e. The Morgan fingerprint density at radius 1 is 0.352 bits per heavy atom. The molecule has 0 aliphatic heterocycles. The SMILES string of the molecule is [B]c1c([B])c([B])c(-c2ccc(-c3nc(-c4ccc(-c5ccccc5)cc4)nc(-c4cccc5oc6ccc(-c7ccccc7)cc6c45)n3)cc2)c([B])c1[B]. The summed E-state index contributed by atoms with van der Waals surface area (Å²) in [6.45, 7) is 0. The second-order valence-corrected chi connectivity index (χ2v) is 13.1. The van der Waals surface area contributed by atoms with Crippen LogP contribution in [0.3, 0.4) is 0 Å². The van der Waals surface area contributed by atoms with Gasteiger partial charge in [-0.05, 0) is 51.6 Å². The average molecular weight is 677 g/mol. The molecule has 9 rings (SSSR count). The van der Waals surface area contributed by atoms with Crippen LogP contribution in [0.5, 0.6) is 0 Å². The molecule has 7 aromatic carbocycles. The molecule has 4 nitrogen and oxygen atoms in total. The van der Waals surface area contributed by atoms with Gasteiger partial charge >= 0.3 is 0 Å². The van der Waals surface area contributed by atoms with Gasteiger partial charge in [0.25, 0.3) is 0 Å². The molecule has 240 valence electrons. The van der Waals surface area contributed by atoms with Crippen molar-refractivity contribution < 1.29 is 4.42 Å². The van der Waals surface area contributed by atoms with Gasteiger partial charge in [-0.2, -0.15) is 0 Å². The third-order valence-electron chi connectivity index (χ3n) is 9.86. The van der Waals surface area contributed by atoms with E-state index < -0.39 is 0 Å². The highest BCUT2D eigenvalue weighted by atomic mass is 16.3. The molecule has 0 saturated heterocycles. The van der Waals surface area contributed by atoms with Gasteiger partial charge in [0.05, 0.1) is 0 Å². The molecule has 0 fully saturated rings. The third-order valence-corrected chi connectivity index (χ3v) is 9.86. The van der Waals surface area contributed by atoms with E-state index in [2.05, 4.69) is 48.5 Å². The van der Waals surface area contributed by atoms with Crippen LogP contribution in [0.4, 0.5) is 0 Å². The Labute approximate surface area is 319 Å². The van der Waals surface area contributed by atoms with E-state index in [4.69, 9.17) is 58.6 Å². The first-order valence-corrected chi connectivity index (χ1v) is 17.4. The van der Waals surface area contributed by atoms with Crippen molar-refractivity contribution in [2.75, 3.05) is 0 Å². The highest BCUT2D eigenvalue weighted by Gasteiger charge is 2.19. The fourth-order valence-electron chi connectivity index (χ4n) is 6.97. The topological polar surface area (TPSA) is 51.8 Å². The summed E-state index contributed by atoms with van der Waals surface area (Å²) < 4.78 is 6.37. The highest BCUT2D eigenvalue weighted by Crippen LogP contribution is 2.38. The number of furan rings is 1. The molecule has 0 aliphatic rings. The van der Waals surface area contributed by atoms with E-state index >= 15 is 0 Å². The fraction of sp³-hybridized carbons (Fsp3) is 0. The number of fused-ring (bicyclic) bond motifs is 3. The molecule has 10 radical (unpaired) electrons. The standard InChI is InChI=1S/C45H24B5N3O/c46-38-36(39(47)41(49)42(50)40(38)48)28-16-20-30(21-17-28)44-51-43(29-18-14-27(15-19-29)25-8-3-1-4-9-25)52-45(53-44)32-12-7-13-35-37(32)33-24-31(22-23-34(33)54-35)26-10-5-2-6-11-26/h1-24H. The van der Waals surface area contributed by atoms with E-state index in [0.717, 1.165) is 66.4 Å². The maximum absolute atomic E-state index is 6.39. The van der Waals surface area contributed by atoms with E-state index in [1.165, 1.54) is 0 Å². The largest absolute Gasteiger partial charge is 0.456 e. The Hall–Kier alpha value is -6.33. The van der Waals surface area contributed by atoms with Gasteiger partial charge in [0.2, 0.25) is 0 Å². The number of rotatable bonds is 6. The lowest BCUT2D eigenvalue weighted by Crippen LogP contribution is -2.55. The number of benzene rings is 7. The van der Waals surface area contributed by atoms with Crippen LogP contribution >= 0.6 is 0 Å². The summed E-state index contributed by atoms with van der Waals surface area (Å²) in [6, 6.07) is 48.6. The van der Waals surface area contributed by atoms with Gasteiger partial charge in [-0.25, -0.2) is 15.0 Å². The van der Waals surface area contributed by atoms with Crippen molar-refractivity contribution in [3.05, 3.63) is 146 Å². The first-order valence-electron chi connectivity index (χ1n) is 17.4. The lowest BCUT2D eigenvalue weighted by molar-refractivity contribution is 0.669. The molecule has 54 heavy (non-hydrogen) atoms. The van der Waals surface area contributed by atoms with E-state index in [1.54, 1.807) is 0 Å². The smallest absolute Gasteiger partial charge is 0.164 e. The summed E-state index contributed by atoms with van der Waals surface area (Å²) in [5.74, 6) is 1.53. The lowest BCUT2D eigenvalue weighted by Gasteiger charge is -2.21. The Balaban J connectivity index is 1.21. The van der Waals surface area contributed by atoms with Crippen LogP contribution in [0.25, 0.3) is 89.5 Å². The molecule has 0 atom stereocenters. The van der Waals surface area contributed by atoms with E-state index in [9.17, 15) is 0 Å². The maximum atomic E-state index is 6.39. The molecule has 0 saturated carbocycles. The molecular weight excluding hydrogens is 653 g/mol. The Bertz CT molecular complexity index is 2830. The molecule has 9 aromatic rings. The predicted molar refractivity (Wildman–Crippen MR) is 227 cm³/mol. The van der Waals surface area contributed by atoms with Gasteiger partial charge in [-0.1, -0.05) is 138 Å². The minimum Gasteiger partial charge on any atom is -0.456 e. The van der Waals surface area contributed by atoms with E-state index in [1.807, 2.05) is 97.1 Å². The monoisotopic (exact) mass is 677 g/mol. The normalized spacial score (nSPS) is 11.3. The molecule has 0 spiro atoms. The molecular formula is C45H24B5N3O. The van der Waals surface area contributed by atoms with Crippen molar-refractivity contribution in [2.24, 2.45) is 0 Å². The number of hydrogen-bond acceptors (Lipinski definition) is 4. The molecule has 0 aliphatic carbocycles. The second-order valence-electron chi connectivity index (χ2n) is 13.1. The second kappa shape index (κ2) is 13.6. The minimum absolute atomic E-state index is 0.170. The van der Waals surface area contributed by atoms with Gasteiger partial charge < -0.3 is 4.42 Å². The van der Waals surface area contributed by atoms with Gasteiger partial charge in [0.1, 0.15) is 50.4 Å². The number of nitrogens with zero attached hydrogens (tertiary/aromatic N) is 3. The Morgan fingerprint density at radius 2 is 0.815 bits per heavy atom. The summed E-state index contributed by atoms with van der Waals surface area (Å²) in [7, 11) is 31.2. The average Bonchev–Trinajstić information content (AvgIpc) is 3.61. The van der Waals surface area contributed by atoms with Crippen molar-refractivity contribution in [3.8, 4) is 67.5 Å². The predicted octanol–water partition coefficient (Wildman–Crippen LogP) is 5.74. The van der Waals surface area contributed by atoms with Gasteiger partial charge in [0, 0.05) is 27.5 Å². The zero-order valence-electron chi connectivity index (χ0n) is 29.0. The van der Waals surface area contributed by atoms with Crippen molar-refractivity contribution in [3.63, 3.8) is 0 Å². The zero-order chi connectivity index (χ0) is 36.9. The quantitative estimate of drug-likeness (QED) is 0.211. The van der Waals surface area contributed by atoms with Crippen molar-refractivity contribution in [1.29, 1.82) is 0 Å². The van der Waals surface area contributed by atoms with Gasteiger partial charge in [-0.15, -0.1) is 16.4 Å². The third kappa shape index (κ3) is 5.86. The molecule has 0 bridgehead atoms. The minimum atomic E-state index is 0.170. The van der Waals surface area contributed by atoms with Crippen LogP contribution in [0.15, 0.2) is 150 Å². The molecule has 9 heteroatoms. The Kier molecular flexibility index (Phi) is 8.43. The first-order chi connectivity index (χ1) is 26.3. The molecule has 0 amide bonds. The highest BCUT2D eigenvalue weighted by molar-refractivity contribution is 6.68. The van der Waals surface area contributed by atoms with Crippen LogP contribution in [-0.2, 0) is 0 Å². The van der Waals surface area contributed by atoms with Crippen molar-refractivity contribution in [1.82, 2.24) is 15.0 Å². The molecule has 2 heterocycles. The zero-order valence-corrected chi connectivity index (χ0v) is 29.0. The van der Waals surface area contributed by atoms with E-state index in [0.29, 0.717) is 23.0 Å². The van der Waals surface area contributed by atoms with Crippen molar-refractivity contribution in [2.45, 2.75) is 0 Å². The molecule has 0 unspecified atom stereocenters. The summed E-state index contributed by atoms with van der Waals surface area (Å²) >= 11 is 0. The first kappa shape index (κ1) is 33.5. The fourth-order valence-corrected chi connectivity index (χ4v) is 6.97. The van der Waals surface area contributed by atoms with Crippen LogP contribution in [-0.4, -0.2) is 54.2 Å². The van der Waals surface area contributed by atoms with Crippen LogP contribution < -0.4 is 27.3 Å². The van der Waals surface area contributed by atoms with E-state index in [-0.39, 0.29) is 27.3 Å². The molecule has 2 aromatic heterocycles. The van der Waals surface area contributed by atoms with Crippen molar-refractivity contribution >= 4 is 88.5 Å². The number of aromatic nitrogens is 3. The van der Waals surface area contributed by atoms with Crippen LogP contribution in [0.2, 0.25) is 0 Å². The summed E-state index contributed by atoms with van der Waals surface area (Å²) in [4.78, 5) is 15.2. The Morgan fingerprint density at radius 3 is 1.41 bits per heavy atom. The summed E-state index contributed by atoms with van der Waals surface area (Å²) in [5.41, 5.74) is 10.7. The van der Waals surface area contributed by atoms with Gasteiger partial charge in [-0.3, -0.25) is 0 Å².